The summed E-state index contributed by atoms with van der Waals surface area (Å²) in [7, 11) is 0. The maximum Gasteiger partial charge on any atom is 0.335 e. The Kier molecular flexibility index (Phi) is 6.27. The number of aromatic nitrogens is 1. The van der Waals surface area contributed by atoms with Crippen LogP contribution in [0.2, 0.25) is 0 Å². The number of nitrogens with one attached hydrogen (secondary N) is 1. The first-order chi connectivity index (χ1) is 14.0. The smallest absolute Gasteiger partial charge is 0.335 e. The van der Waals surface area contributed by atoms with Gasteiger partial charge in [0.2, 0.25) is 5.91 Å². The van der Waals surface area contributed by atoms with Crippen LogP contribution in [0.25, 0.3) is 11.3 Å². The quantitative estimate of drug-likeness (QED) is 0.590. The van der Waals surface area contributed by atoms with Gasteiger partial charge in [-0.15, -0.1) is 0 Å². The Morgan fingerprint density at radius 1 is 1.10 bits per heavy atom. The van der Waals surface area contributed by atoms with E-state index in [0.717, 1.165) is 5.56 Å². The van der Waals surface area contributed by atoms with Crippen LogP contribution in [0, 0.1) is 11.3 Å². The first-order valence-corrected chi connectivity index (χ1v) is 9.63. The largest absolute Gasteiger partial charge is 0.478 e. The number of carbonyl (C=O) groups excluding carboxylic acids is 1. The van der Waals surface area contributed by atoms with Gasteiger partial charge in [0.05, 0.1) is 22.1 Å². The lowest BCUT2D eigenvalue weighted by Crippen LogP contribution is -2.22. The highest BCUT2D eigenvalue weighted by Crippen LogP contribution is 2.28. The number of thioether (sulfide) groups is 1. The number of nitrogens with zero attached hydrogens (tertiary/aromatic N) is 2. The number of rotatable bonds is 6. The molecule has 1 unspecified atom stereocenters. The summed E-state index contributed by atoms with van der Waals surface area (Å²) < 4.78 is 0. The average Bonchev–Trinajstić information content (AvgIpc) is 2.74. The molecule has 0 aliphatic carbocycles. The molecule has 3 aromatic rings. The lowest BCUT2D eigenvalue weighted by molar-refractivity contribution is -0.115. The Hall–Kier alpha value is -3.63. The minimum Gasteiger partial charge on any atom is -0.478 e. The Morgan fingerprint density at radius 2 is 1.86 bits per heavy atom. The Labute approximate surface area is 172 Å². The molecule has 0 aliphatic rings. The predicted molar refractivity (Wildman–Crippen MR) is 112 cm³/mol. The van der Waals surface area contributed by atoms with Gasteiger partial charge in [0.15, 0.2) is 0 Å². The van der Waals surface area contributed by atoms with Crippen molar-refractivity contribution in [3.8, 4) is 17.3 Å². The van der Waals surface area contributed by atoms with E-state index < -0.39 is 11.2 Å². The van der Waals surface area contributed by atoms with Gasteiger partial charge >= 0.3 is 5.97 Å². The number of aromatic carboxylic acids is 1. The van der Waals surface area contributed by atoms with Crippen molar-refractivity contribution in [1.82, 2.24) is 4.98 Å². The summed E-state index contributed by atoms with van der Waals surface area (Å²) in [6.07, 6.45) is 0. The van der Waals surface area contributed by atoms with Crippen LogP contribution in [-0.4, -0.2) is 27.2 Å². The standard InChI is InChI=1S/C22H17N3O3S/c1-14(20(26)24-18-9-5-8-16(12-18)22(27)28)29-21-17(13-23)10-11-19(25-21)15-6-3-2-4-7-15/h2-12,14H,1H3,(H,24,26)(H,27,28). The number of anilines is 1. The fraction of sp³-hybridized carbons (Fsp3) is 0.0909. The van der Waals surface area contributed by atoms with Gasteiger partial charge in [-0.25, -0.2) is 9.78 Å². The van der Waals surface area contributed by atoms with Crippen LogP contribution in [0.1, 0.15) is 22.8 Å². The van der Waals surface area contributed by atoms with Gasteiger partial charge in [0.25, 0.3) is 0 Å². The molecule has 0 aliphatic heterocycles. The Balaban J connectivity index is 1.78. The molecule has 2 N–H and O–H groups in total. The second-order valence-corrected chi connectivity index (χ2v) is 7.49. The van der Waals surface area contributed by atoms with Crippen molar-refractivity contribution in [1.29, 1.82) is 5.26 Å². The molecule has 3 rings (SSSR count). The number of nitriles is 1. The second kappa shape index (κ2) is 9.04. The van der Waals surface area contributed by atoms with Crippen LogP contribution >= 0.6 is 11.8 Å². The molecular weight excluding hydrogens is 386 g/mol. The van der Waals surface area contributed by atoms with Gasteiger partial charge < -0.3 is 10.4 Å². The first kappa shape index (κ1) is 20.1. The summed E-state index contributed by atoms with van der Waals surface area (Å²) >= 11 is 1.18. The van der Waals surface area contributed by atoms with Gasteiger partial charge in [0, 0.05) is 11.3 Å². The van der Waals surface area contributed by atoms with E-state index in [1.807, 2.05) is 30.3 Å². The molecule has 2 aromatic carbocycles. The van der Waals surface area contributed by atoms with Crippen molar-refractivity contribution in [2.75, 3.05) is 5.32 Å². The van der Waals surface area contributed by atoms with Gasteiger partial charge in [0.1, 0.15) is 11.1 Å². The van der Waals surface area contributed by atoms with Crippen LogP contribution in [0.4, 0.5) is 5.69 Å². The monoisotopic (exact) mass is 403 g/mol. The molecule has 0 saturated heterocycles. The molecule has 0 spiro atoms. The van der Waals surface area contributed by atoms with E-state index in [1.165, 1.54) is 23.9 Å². The molecule has 1 amide bonds. The SMILES string of the molecule is CC(Sc1nc(-c2ccccc2)ccc1C#N)C(=O)Nc1cccc(C(=O)O)c1. The van der Waals surface area contributed by atoms with Gasteiger partial charge in [-0.3, -0.25) is 4.79 Å². The van der Waals surface area contributed by atoms with Crippen LogP contribution < -0.4 is 5.32 Å². The van der Waals surface area contributed by atoms with E-state index in [1.54, 1.807) is 31.2 Å². The fourth-order valence-electron chi connectivity index (χ4n) is 2.58. The Bertz CT molecular complexity index is 1090. The van der Waals surface area contributed by atoms with Crippen LogP contribution in [-0.2, 0) is 4.79 Å². The molecular formula is C22H17N3O3S. The van der Waals surface area contributed by atoms with E-state index in [9.17, 15) is 14.9 Å². The molecule has 7 heteroatoms. The number of hydrogen-bond donors (Lipinski definition) is 2. The normalized spacial score (nSPS) is 11.3. The summed E-state index contributed by atoms with van der Waals surface area (Å²) in [4.78, 5) is 28.2. The maximum absolute atomic E-state index is 12.6. The highest BCUT2D eigenvalue weighted by atomic mass is 32.2. The fourth-order valence-corrected chi connectivity index (χ4v) is 3.47. The molecule has 0 fully saturated rings. The number of carbonyl (C=O) groups is 2. The summed E-state index contributed by atoms with van der Waals surface area (Å²) in [6.45, 7) is 1.71. The molecule has 1 aromatic heterocycles. The van der Waals surface area contributed by atoms with Gasteiger partial charge in [-0.1, -0.05) is 48.2 Å². The van der Waals surface area contributed by atoms with Crippen molar-refractivity contribution in [2.24, 2.45) is 0 Å². The van der Waals surface area contributed by atoms with Crippen molar-refractivity contribution in [2.45, 2.75) is 17.2 Å². The number of amides is 1. The molecule has 0 saturated carbocycles. The van der Waals surface area contributed by atoms with Gasteiger partial charge in [-0.2, -0.15) is 5.26 Å². The van der Waals surface area contributed by atoms with E-state index in [0.29, 0.717) is 22.0 Å². The second-order valence-electron chi connectivity index (χ2n) is 6.16. The number of pyridine rings is 1. The first-order valence-electron chi connectivity index (χ1n) is 8.75. The third kappa shape index (κ3) is 5.00. The maximum atomic E-state index is 12.6. The van der Waals surface area contributed by atoms with Crippen LogP contribution in [0.15, 0.2) is 71.8 Å². The number of carboxylic acid groups (broad SMARTS) is 1. The lowest BCUT2D eigenvalue weighted by atomic mass is 10.1. The summed E-state index contributed by atoms with van der Waals surface area (Å²) in [5.74, 6) is -1.38. The molecule has 6 nitrogen and oxygen atoms in total. The highest BCUT2D eigenvalue weighted by Gasteiger charge is 2.19. The van der Waals surface area contributed by atoms with E-state index in [4.69, 9.17) is 5.11 Å². The number of benzene rings is 2. The summed E-state index contributed by atoms with van der Waals surface area (Å²) in [5, 5.41) is 21.1. The zero-order valence-electron chi connectivity index (χ0n) is 15.5. The third-order valence-electron chi connectivity index (χ3n) is 4.08. The van der Waals surface area contributed by atoms with Crippen molar-refractivity contribution < 1.29 is 14.7 Å². The highest BCUT2D eigenvalue weighted by molar-refractivity contribution is 8.00. The molecule has 144 valence electrons. The van der Waals surface area contributed by atoms with E-state index >= 15 is 0 Å². The minimum atomic E-state index is -1.07. The molecule has 0 radical (unpaired) electrons. The van der Waals surface area contributed by atoms with Crippen molar-refractivity contribution in [3.05, 3.63) is 77.9 Å². The molecule has 29 heavy (non-hydrogen) atoms. The van der Waals surface area contributed by atoms with Gasteiger partial charge in [-0.05, 0) is 37.3 Å². The number of carboxylic acids is 1. The number of hydrogen-bond acceptors (Lipinski definition) is 5. The van der Waals surface area contributed by atoms with E-state index in [2.05, 4.69) is 16.4 Å². The van der Waals surface area contributed by atoms with E-state index in [-0.39, 0.29) is 11.5 Å². The third-order valence-corrected chi connectivity index (χ3v) is 5.19. The zero-order valence-corrected chi connectivity index (χ0v) is 16.3. The topological polar surface area (TPSA) is 103 Å². The molecule has 1 heterocycles. The average molecular weight is 403 g/mol. The molecule has 1 atom stereocenters. The summed E-state index contributed by atoms with van der Waals surface area (Å²) in [5.41, 5.74) is 2.51. The van der Waals surface area contributed by atoms with Crippen molar-refractivity contribution in [3.63, 3.8) is 0 Å². The zero-order chi connectivity index (χ0) is 20.8. The Morgan fingerprint density at radius 3 is 2.55 bits per heavy atom. The summed E-state index contributed by atoms with van der Waals surface area (Å²) in [6, 6.07) is 21.2. The molecule has 0 bridgehead atoms. The van der Waals surface area contributed by atoms with Crippen molar-refractivity contribution >= 4 is 29.3 Å². The lowest BCUT2D eigenvalue weighted by Gasteiger charge is -2.13. The van der Waals surface area contributed by atoms with Crippen LogP contribution in [0.3, 0.4) is 0 Å². The van der Waals surface area contributed by atoms with Crippen LogP contribution in [0.5, 0.6) is 0 Å². The predicted octanol–water partition coefficient (Wildman–Crippen LogP) is 4.44. The minimum absolute atomic E-state index is 0.0899.